The summed E-state index contributed by atoms with van der Waals surface area (Å²) in [6.07, 6.45) is 2.47. The zero-order valence-electron chi connectivity index (χ0n) is 21.1. The van der Waals surface area contributed by atoms with Crippen LogP contribution in [0.3, 0.4) is 0 Å². The molecule has 0 aliphatic heterocycles. The summed E-state index contributed by atoms with van der Waals surface area (Å²) < 4.78 is 27.8. The molecule has 39 heavy (non-hydrogen) atoms. The minimum atomic E-state index is -4.12. The maximum Gasteiger partial charge on any atom is 0.271 e. The molecule has 0 bridgehead atoms. The van der Waals surface area contributed by atoms with Gasteiger partial charge in [-0.1, -0.05) is 59.1 Å². The SMILES string of the molecule is Cc1ccc(CNC(=O)c2cc(C=NNC(=O)c3ccc(O)c(Cl)c3)cn2S(=O)(=O)c2ccc(C)cc2)cc1. The highest BCUT2D eigenvalue weighted by Gasteiger charge is 2.24. The molecule has 1 heterocycles. The van der Waals surface area contributed by atoms with Crippen LogP contribution in [0.2, 0.25) is 5.02 Å². The number of nitrogens with one attached hydrogen (secondary N) is 2. The number of phenols is 1. The third kappa shape index (κ3) is 6.54. The zero-order valence-corrected chi connectivity index (χ0v) is 22.6. The molecule has 0 spiro atoms. The van der Waals surface area contributed by atoms with E-state index in [1.807, 2.05) is 38.1 Å². The van der Waals surface area contributed by atoms with Gasteiger partial charge < -0.3 is 10.4 Å². The Bertz CT molecular complexity index is 1660. The third-order valence-corrected chi connectivity index (χ3v) is 7.77. The number of phenolic OH excluding ortho intramolecular Hbond substituents is 1. The van der Waals surface area contributed by atoms with Crippen LogP contribution in [0.4, 0.5) is 0 Å². The number of hydrogen-bond donors (Lipinski definition) is 3. The summed E-state index contributed by atoms with van der Waals surface area (Å²) in [7, 11) is -4.12. The molecule has 200 valence electrons. The number of benzene rings is 3. The second-order valence-electron chi connectivity index (χ2n) is 8.81. The van der Waals surface area contributed by atoms with E-state index in [2.05, 4.69) is 15.8 Å². The van der Waals surface area contributed by atoms with Crippen LogP contribution >= 0.6 is 11.6 Å². The summed E-state index contributed by atoms with van der Waals surface area (Å²) in [6.45, 7) is 3.99. The van der Waals surface area contributed by atoms with Crippen molar-refractivity contribution in [3.8, 4) is 5.75 Å². The molecule has 0 aliphatic carbocycles. The topological polar surface area (TPSA) is 130 Å². The molecule has 0 radical (unpaired) electrons. The lowest BCUT2D eigenvalue weighted by Crippen LogP contribution is -2.27. The fourth-order valence-electron chi connectivity index (χ4n) is 3.58. The predicted molar refractivity (Wildman–Crippen MR) is 149 cm³/mol. The van der Waals surface area contributed by atoms with Crippen LogP contribution in [-0.2, 0) is 16.6 Å². The average molecular weight is 565 g/mol. The molecule has 3 N–H and O–H groups in total. The van der Waals surface area contributed by atoms with E-state index in [0.29, 0.717) is 0 Å². The van der Waals surface area contributed by atoms with Crippen molar-refractivity contribution in [2.24, 2.45) is 5.10 Å². The Balaban J connectivity index is 1.61. The molecule has 0 saturated heterocycles. The standard InChI is InChI=1S/C28H25ClN4O5S/c1-18-3-7-20(8-4-18)15-30-28(36)25-13-21(16-31-32-27(35)22-9-12-26(34)24(29)14-22)17-33(25)39(37,38)23-10-5-19(2)6-11-23/h3-14,16-17,34H,15H2,1-2H3,(H,30,36)(H,32,35). The Labute approximate surface area is 230 Å². The molecule has 9 nitrogen and oxygen atoms in total. The Kier molecular flexibility index (Phi) is 8.18. The first-order chi connectivity index (χ1) is 18.5. The van der Waals surface area contributed by atoms with E-state index in [9.17, 15) is 23.1 Å². The van der Waals surface area contributed by atoms with Crippen molar-refractivity contribution in [2.45, 2.75) is 25.3 Å². The number of hydrazone groups is 1. The first-order valence-corrected chi connectivity index (χ1v) is 13.6. The summed E-state index contributed by atoms with van der Waals surface area (Å²) in [6, 6.07) is 19.1. The van der Waals surface area contributed by atoms with Crippen LogP contribution < -0.4 is 10.7 Å². The number of aromatic nitrogens is 1. The Morgan fingerprint density at radius 1 is 0.949 bits per heavy atom. The highest BCUT2D eigenvalue weighted by atomic mass is 35.5. The van der Waals surface area contributed by atoms with Crippen molar-refractivity contribution < 1.29 is 23.1 Å². The van der Waals surface area contributed by atoms with Crippen LogP contribution in [0.5, 0.6) is 5.75 Å². The predicted octanol–water partition coefficient (Wildman–Crippen LogP) is 4.39. The summed E-state index contributed by atoms with van der Waals surface area (Å²) in [4.78, 5) is 25.5. The van der Waals surface area contributed by atoms with E-state index in [1.54, 1.807) is 12.1 Å². The van der Waals surface area contributed by atoms with E-state index in [4.69, 9.17) is 11.6 Å². The lowest BCUT2D eigenvalue weighted by Gasteiger charge is -2.11. The van der Waals surface area contributed by atoms with Crippen molar-refractivity contribution in [2.75, 3.05) is 0 Å². The first kappa shape index (κ1) is 27.6. The van der Waals surface area contributed by atoms with Gasteiger partial charge in [-0.25, -0.2) is 17.8 Å². The van der Waals surface area contributed by atoms with Gasteiger partial charge in [0.05, 0.1) is 16.1 Å². The maximum absolute atomic E-state index is 13.5. The van der Waals surface area contributed by atoms with Crippen LogP contribution in [0.25, 0.3) is 0 Å². The Morgan fingerprint density at radius 2 is 1.59 bits per heavy atom. The Hall–Kier alpha value is -4.41. The second kappa shape index (κ2) is 11.5. The quantitative estimate of drug-likeness (QED) is 0.216. The van der Waals surface area contributed by atoms with Crippen LogP contribution in [0.1, 0.15) is 43.1 Å². The van der Waals surface area contributed by atoms with Crippen molar-refractivity contribution in [3.63, 3.8) is 0 Å². The molecule has 0 saturated carbocycles. The zero-order chi connectivity index (χ0) is 28.2. The van der Waals surface area contributed by atoms with Crippen LogP contribution in [0, 0.1) is 13.8 Å². The largest absolute Gasteiger partial charge is 0.506 e. The number of nitrogens with zero attached hydrogens (tertiary/aromatic N) is 2. The minimum absolute atomic E-state index is 0.00584. The van der Waals surface area contributed by atoms with Gasteiger partial charge in [-0.3, -0.25) is 9.59 Å². The highest BCUT2D eigenvalue weighted by molar-refractivity contribution is 7.90. The summed E-state index contributed by atoms with van der Waals surface area (Å²) in [5.74, 6) is -1.37. The number of aromatic hydroxyl groups is 1. The summed E-state index contributed by atoms with van der Waals surface area (Å²) in [5, 5.41) is 16.2. The van der Waals surface area contributed by atoms with Gasteiger partial charge in [-0.15, -0.1) is 0 Å². The maximum atomic E-state index is 13.5. The van der Waals surface area contributed by atoms with Crippen LogP contribution in [-0.4, -0.2) is 35.5 Å². The van der Waals surface area contributed by atoms with Gasteiger partial charge >= 0.3 is 0 Å². The van der Waals surface area contributed by atoms with E-state index >= 15 is 0 Å². The van der Waals surface area contributed by atoms with Gasteiger partial charge in [0.1, 0.15) is 11.4 Å². The average Bonchev–Trinajstić information content (AvgIpc) is 3.35. The van der Waals surface area contributed by atoms with E-state index in [0.717, 1.165) is 20.7 Å². The molecule has 0 aliphatic rings. The lowest BCUT2D eigenvalue weighted by atomic mass is 10.1. The summed E-state index contributed by atoms with van der Waals surface area (Å²) in [5.41, 5.74) is 5.42. The van der Waals surface area contributed by atoms with Crippen LogP contribution in [0.15, 0.2) is 89.0 Å². The Morgan fingerprint density at radius 3 is 2.23 bits per heavy atom. The molecule has 1 aromatic heterocycles. The number of rotatable bonds is 8. The fourth-order valence-corrected chi connectivity index (χ4v) is 5.12. The second-order valence-corrected chi connectivity index (χ2v) is 11.0. The van der Waals surface area contributed by atoms with Gasteiger partial charge in [0.2, 0.25) is 0 Å². The van der Waals surface area contributed by atoms with Crippen molar-refractivity contribution in [1.29, 1.82) is 0 Å². The number of amides is 2. The molecule has 2 amide bonds. The molecule has 0 unspecified atom stereocenters. The van der Waals surface area contributed by atoms with Gasteiger partial charge in [0.25, 0.3) is 21.8 Å². The monoisotopic (exact) mass is 564 g/mol. The number of carbonyl (C=O) groups excluding carboxylic acids is 2. The minimum Gasteiger partial charge on any atom is -0.506 e. The third-order valence-electron chi connectivity index (χ3n) is 5.78. The van der Waals surface area contributed by atoms with Gasteiger partial charge in [-0.05, 0) is 55.8 Å². The van der Waals surface area contributed by atoms with E-state index < -0.39 is 21.8 Å². The number of aryl methyl sites for hydroxylation is 2. The normalized spacial score (nSPS) is 11.5. The molecular weight excluding hydrogens is 540 g/mol. The van der Waals surface area contributed by atoms with Crippen molar-refractivity contribution in [1.82, 2.24) is 14.7 Å². The van der Waals surface area contributed by atoms with Gasteiger partial charge in [0.15, 0.2) is 0 Å². The van der Waals surface area contributed by atoms with E-state index in [1.165, 1.54) is 48.8 Å². The highest BCUT2D eigenvalue weighted by Crippen LogP contribution is 2.23. The number of halogens is 1. The smallest absolute Gasteiger partial charge is 0.271 e. The molecule has 3 aromatic carbocycles. The first-order valence-electron chi connectivity index (χ1n) is 11.7. The molecule has 0 atom stereocenters. The van der Waals surface area contributed by atoms with Crippen molar-refractivity contribution in [3.05, 3.63) is 118 Å². The molecule has 4 aromatic rings. The molecular formula is C28H25ClN4O5S. The number of carbonyl (C=O) groups is 2. The van der Waals surface area contributed by atoms with Gasteiger partial charge in [-0.2, -0.15) is 5.10 Å². The van der Waals surface area contributed by atoms with Gasteiger partial charge in [0, 0.05) is 23.9 Å². The summed E-state index contributed by atoms with van der Waals surface area (Å²) >= 11 is 5.85. The number of hydrogen-bond acceptors (Lipinski definition) is 6. The van der Waals surface area contributed by atoms with Crippen molar-refractivity contribution >= 4 is 39.7 Å². The molecule has 4 rings (SSSR count). The lowest BCUT2D eigenvalue weighted by molar-refractivity contribution is 0.0940. The molecule has 0 fully saturated rings. The fraction of sp³-hybridized carbons (Fsp3) is 0.107. The van der Waals surface area contributed by atoms with E-state index in [-0.39, 0.29) is 39.0 Å². The molecule has 11 heteroatoms.